The van der Waals surface area contributed by atoms with Crippen LogP contribution in [-0.4, -0.2) is 12.3 Å². The van der Waals surface area contributed by atoms with Crippen LogP contribution in [0.4, 0.5) is 0 Å². The zero-order valence-corrected chi connectivity index (χ0v) is 14.4. The van der Waals surface area contributed by atoms with E-state index in [0.717, 1.165) is 12.0 Å². The van der Waals surface area contributed by atoms with Crippen molar-refractivity contribution in [2.45, 2.75) is 64.7 Å². The Balaban J connectivity index is 2.14. The number of benzene rings is 1. The number of hydrogen-bond acceptors (Lipinski definition) is 2. The number of carbonyl (C=O) groups excluding carboxylic acids is 1. The van der Waals surface area contributed by atoms with Gasteiger partial charge in [0.2, 0.25) is 0 Å². The van der Waals surface area contributed by atoms with Crippen molar-refractivity contribution in [2.24, 2.45) is 17.1 Å². The molecule has 2 heteroatoms. The number of nitrogens with two attached hydrogens (primary N) is 1. The quantitative estimate of drug-likeness (QED) is 0.878. The lowest BCUT2D eigenvalue weighted by Crippen LogP contribution is -2.53. The lowest BCUT2D eigenvalue weighted by atomic mass is 9.49. The van der Waals surface area contributed by atoms with Gasteiger partial charge in [0, 0.05) is 12.0 Å². The average molecular weight is 299 g/mol. The van der Waals surface area contributed by atoms with Gasteiger partial charge in [0.15, 0.2) is 5.78 Å². The van der Waals surface area contributed by atoms with Crippen molar-refractivity contribution in [3.05, 3.63) is 34.9 Å². The van der Waals surface area contributed by atoms with Crippen LogP contribution in [0.2, 0.25) is 0 Å². The Bertz CT molecular complexity index is 606. The molecular weight excluding hydrogens is 270 g/mol. The molecule has 1 fully saturated rings. The molecule has 2 nitrogen and oxygen atoms in total. The summed E-state index contributed by atoms with van der Waals surface area (Å²) in [7, 11) is 0. The summed E-state index contributed by atoms with van der Waals surface area (Å²) in [6.07, 6.45) is 4.20. The lowest BCUT2D eigenvalue weighted by molar-refractivity contribution is 0.0307. The molecule has 0 amide bonds. The molecule has 2 N–H and O–H groups in total. The summed E-state index contributed by atoms with van der Waals surface area (Å²) >= 11 is 0. The van der Waals surface area contributed by atoms with Crippen molar-refractivity contribution >= 4 is 5.78 Å². The molecule has 2 aliphatic carbocycles. The lowest BCUT2D eigenvalue weighted by Gasteiger charge is -2.54. The fourth-order valence-electron chi connectivity index (χ4n) is 4.96. The molecule has 22 heavy (non-hydrogen) atoms. The van der Waals surface area contributed by atoms with Gasteiger partial charge in [-0.25, -0.2) is 0 Å². The van der Waals surface area contributed by atoms with E-state index < -0.39 is 0 Å². The first kappa shape index (κ1) is 15.7. The predicted molar refractivity (Wildman–Crippen MR) is 91.3 cm³/mol. The minimum atomic E-state index is 0.0943. The van der Waals surface area contributed by atoms with E-state index in [0.29, 0.717) is 30.6 Å². The zero-order chi connectivity index (χ0) is 16.1. The van der Waals surface area contributed by atoms with E-state index in [1.807, 2.05) is 0 Å². The van der Waals surface area contributed by atoms with E-state index in [2.05, 4.69) is 45.9 Å². The fraction of sp³-hybridized carbons (Fsp3) is 0.650. The minimum absolute atomic E-state index is 0.0943. The standard InChI is InChI=1S/C20H29NO/c1-13(2)14-6-7-16-15(10-14)17(22)11-18-19(3,12-21)8-5-9-20(16,18)4/h6-7,10,13,18H,5,8-9,11-12,21H2,1-4H3/t18-,19-,20+/m0/s1. The Kier molecular flexibility index (Phi) is 3.71. The van der Waals surface area contributed by atoms with Crippen molar-refractivity contribution in [1.29, 1.82) is 0 Å². The van der Waals surface area contributed by atoms with Crippen LogP contribution in [0.15, 0.2) is 18.2 Å². The molecule has 0 saturated heterocycles. The van der Waals surface area contributed by atoms with Gasteiger partial charge in [-0.05, 0) is 59.2 Å². The summed E-state index contributed by atoms with van der Waals surface area (Å²) in [5, 5.41) is 0. The van der Waals surface area contributed by atoms with Crippen LogP contribution in [0.5, 0.6) is 0 Å². The van der Waals surface area contributed by atoms with Crippen LogP contribution in [0, 0.1) is 11.3 Å². The Hall–Kier alpha value is -1.15. The molecule has 3 rings (SSSR count). The van der Waals surface area contributed by atoms with Crippen molar-refractivity contribution in [1.82, 2.24) is 0 Å². The van der Waals surface area contributed by atoms with E-state index in [-0.39, 0.29) is 10.8 Å². The van der Waals surface area contributed by atoms with E-state index in [9.17, 15) is 4.79 Å². The van der Waals surface area contributed by atoms with Crippen LogP contribution in [0.25, 0.3) is 0 Å². The summed E-state index contributed by atoms with van der Waals surface area (Å²) in [5.41, 5.74) is 9.84. The molecule has 0 radical (unpaired) electrons. The molecule has 0 bridgehead atoms. The predicted octanol–water partition coefficient (Wildman–Crippen LogP) is 4.42. The Morgan fingerprint density at radius 3 is 2.64 bits per heavy atom. The van der Waals surface area contributed by atoms with Gasteiger partial charge >= 0.3 is 0 Å². The largest absolute Gasteiger partial charge is 0.330 e. The fourth-order valence-corrected chi connectivity index (χ4v) is 4.96. The molecular formula is C20H29NO. The summed E-state index contributed by atoms with van der Waals surface area (Å²) in [6, 6.07) is 6.61. The number of hydrogen-bond donors (Lipinski definition) is 1. The third-order valence-corrected chi connectivity index (χ3v) is 6.54. The second-order valence-corrected chi connectivity index (χ2v) is 8.27. The van der Waals surface area contributed by atoms with Crippen LogP contribution >= 0.6 is 0 Å². The van der Waals surface area contributed by atoms with Gasteiger partial charge < -0.3 is 5.73 Å². The number of ketones is 1. The van der Waals surface area contributed by atoms with Gasteiger partial charge in [-0.3, -0.25) is 4.79 Å². The Morgan fingerprint density at radius 1 is 1.27 bits per heavy atom. The molecule has 0 heterocycles. The summed E-state index contributed by atoms with van der Waals surface area (Å²) < 4.78 is 0. The SMILES string of the molecule is CC(C)c1ccc2c(c1)C(=O)C[C@H]1[C@](C)(CN)CCC[C@]21C. The van der Waals surface area contributed by atoms with Crippen LogP contribution in [0.3, 0.4) is 0 Å². The number of fused-ring (bicyclic) bond motifs is 3. The average Bonchev–Trinajstić information content (AvgIpc) is 2.49. The van der Waals surface area contributed by atoms with Gasteiger partial charge in [0.1, 0.15) is 0 Å². The highest BCUT2D eigenvalue weighted by atomic mass is 16.1. The molecule has 2 aliphatic rings. The van der Waals surface area contributed by atoms with Gasteiger partial charge in [0.05, 0.1) is 0 Å². The smallest absolute Gasteiger partial charge is 0.163 e. The zero-order valence-electron chi connectivity index (χ0n) is 14.4. The summed E-state index contributed by atoms with van der Waals surface area (Å²) in [4.78, 5) is 12.8. The first-order valence-corrected chi connectivity index (χ1v) is 8.69. The topological polar surface area (TPSA) is 43.1 Å². The second kappa shape index (κ2) is 5.19. The maximum atomic E-state index is 12.8. The number of carbonyl (C=O) groups is 1. The van der Waals surface area contributed by atoms with Gasteiger partial charge in [-0.2, -0.15) is 0 Å². The van der Waals surface area contributed by atoms with Crippen LogP contribution in [-0.2, 0) is 5.41 Å². The van der Waals surface area contributed by atoms with E-state index in [1.54, 1.807) is 0 Å². The molecule has 120 valence electrons. The third-order valence-electron chi connectivity index (χ3n) is 6.54. The monoisotopic (exact) mass is 299 g/mol. The third kappa shape index (κ3) is 2.15. The van der Waals surface area contributed by atoms with Crippen LogP contribution in [0.1, 0.15) is 80.8 Å². The summed E-state index contributed by atoms with van der Waals surface area (Å²) in [6.45, 7) is 9.71. The van der Waals surface area contributed by atoms with Crippen molar-refractivity contribution in [3.8, 4) is 0 Å². The Morgan fingerprint density at radius 2 is 2.00 bits per heavy atom. The van der Waals surface area contributed by atoms with E-state index >= 15 is 0 Å². The van der Waals surface area contributed by atoms with Crippen LogP contribution < -0.4 is 5.73 Å². The maximum Gasteiger partial charge on any atom is 0.163 e. The Labute approximate surface area is 134 Å². The molecule has 0 aliphatic heterocycles. The van der Waals surface area contributed by atoms with Gasteiger partial charge in [-0.1, -0.05) is 46.2 Å². The molecule has 1 aromatic carbocycles. The highest BCUT2D eigenvalue weighted by molar-refractivity contribution is 5.99. The van der Waals surface area contributed by atoms with E-state index in [4.69, 9.17) is 5.73 Å². The van der Waals surface area contributed by atoms with Gasteiger partial charge in [0.25, 0.3) is 0 Å². The highest BCUT2D eigenvalue weighted by Gasteiger charge is 2.53. The van der Waals surface area contributed by atoms with E-state index in [1.165, 1.54) is 24.0 Å². The second-order valence-electron chi connectivity index (χ2n) is 8.27. The first-order chi connectivity index (χ1) is 10.3. The number of Topliss-reactive ketones (excluding diaryl/α,β-unsaturated/α-hetero) is 1. The summed E-state index contributed by atoms with van der Waals surface area (Å²) in [5.74, 6) is 1.16. The molecule has 1 aromatic rings. The minimum Gasteiger partial charge on any atom is -0.330 e. The molecule has 0 aromatic heterocycles. The van der Waals surface area contributed by atoms with Crippen molar-refractivity contribution < 1.29 is 4.79 Å². The van der Waals surface area contributed by atoms with Gasteiger partial charge in [-0.15, -0.1) is 0 Å². The van der Waals surface area contributed by atoms with Crippen molar-refractivity contribution in [2.75, 3.05) is 6.54 Å². The highest BCUT2D eigenvalue weighted by Crippen LogP contribution is 2.56. The molecule has 0 unspecified atom stereocenters. The van der Waals surface area contributed by atoms with Crippen molar-refractivity contribution in [3.63, 3.8) is 0 Å². The maximum absolute atomic E-state index is 12.8. The molecule has 0 spiro atoms. The molecule has 1 saturated carbocycles. The normalized spacial score (nSPS) is 34.5. The molecule has 3 atom stereocenters. The number of rotatable bonds is 2. The first-order valence-electron chi connectivity index (χ1n) is 8.69.